The van der Waals surface area contributed by atoms with Crippen molar-refractivity contribution < 1.29 is 22.7 Å². The van der Waals surface area contributed by atoms with E-state index in [-0.39, 0.29) is 17.1 Å². The number of rotatable bonds is 2. The Morgan fingerprint density at radius 3 is 2.62 bits per heavy atom. The second kappa shape index (κ2) is 4.85. The average Bonchev–Trinajstić information content (AvgIpc) is 3.21. The summed E-state index contributed by atoms with van der Waals surface area (Å²) in [4.78, 5) is 11.6. The molecule has 0 bridgehead atoms. The Bertz CT molecular complexity index is 735. The predicted octanol–water partition coefficient (Wildman–Crippen LogP) is 3.62. The summed E-state index contributed by atoms with van der Waals surface area (Å²) in [5, 5.41) is 3.78. The van der Waals surface area contributed by atoms with Crippen LogP contribution >= 0.6 is 22.6 Å². The molecular weight excluding hydrogens is 400 g/mol. The van der Waals surface area contributed by atoms with Gasteiger partial charge in [-0.05, 0) is 59.0 Å². The number of pyridine rings is 1. The van der Waals surface area contributed by atoms with Crippen molar-refractivity contribution in [2.24, 2.45) is 0 Å². The van der Waals surface area contributed by atoms with Gasteiger partial charge in [0.05, 0.1) is 16.2 Å². The highest BCUT2D eigenvalue weighted by Gasteiger charge is 2.37. The maximum absolute atomic E-state index is 13.2. The van der Waals surface area contributed by atoms with Crippen molar-refractivity contribution >= 4 is 34.1 Å². The first-order valence-electron chi connectivity index (χ1n) is 6.20. The number of methoxy groups -OCH3 is 1. The smallest absolute Gasteiger partial charge is 0.433 e. The van der Waals surface area contributed by atoms with Crippen molar-refractivity contribution in [3.05, 3.63) is 32.7 Å². The number of alkyl halides is 3. The molecule has 0 atom stereocenters. The molecule has 0 aliphatic heterocycles. The number of aromatic nitrogens is 2. The van der Waals surface area contributed by atoms with Crippen molar-refractivity contribution in [3.8, 4) is 0 Å². The third-order valence-corrected chi connectivity index (χ3v) is 4.48. The van der Waals surface area contributed by atoms with E-state index in [2.05, 4.69) is 9.84 Å². The van der Waals surface area contributed by atoms with E-state index in [1.54, 1.807) is 6.07 Å². The number of fused-ring (bicyclic) bond motifs is 1. The van der Waals surface area contributed by atoms with Crippen LogP contribution in [-0.2, 0) is 10.9 Å². The van der Waals surface area contributed by atoms with Gasteiger partial charge >= 0.3 is 12.1 Å². The zero-order valence-corrected chi connectivity index (χ0v) is 13.0. The molecule has 1 saturated carbocycles. The minimum atomic E-state index is -4.54. The first kappa shape index (κ1) is 14.6. The summed E-state index contributed by atoms with van der Waals surface area (Å²) < 4.78 is 45.4. The Balaban J connectivity index is 2.30. The standard InChI is InChI=1S/C13H10F3IN2O2/c1-21-12(20)11-10(17)8-4-7(6-2-3-6)5-9(13(14,15)16)19(8)18-11/h4-6H,2-3H2,1H3. The molecular formula is C13H10F3IN2O2. The molecule has 0 amide bonds. The maximum Gasteiger partial charge on any atom is 0.433 e. The predicted molar refractivity (Wildman–Crippen MR) is 76.2 cm³/mol. The fourth-order valence-corrected chi connectivity index (χ4v) is 2.93. The van der Waals surface area contributed by atoms with Crippen LogP contribution in [0.15, 0.2) is 12.1 Å². The molecule has 21 heavy (non-hydrogen) atoms. The number of nitrogens with zero attached hydrogens (tertiary/aromatic N) is 2. The zero-order valence-electron chi connectivity index (χ0n) is 10.9. The highest BCUT2D eigenvalue weighted by Crippen LogP contribution is 2.43. The third kappa shape index (κ3) is 2.49. The summed E-state index contributed by atoms with van der Waals surface area (Å²) in [6.07, 6.45) is -2.75. The second-order valence-electron chi connectivity index (χ2n) is 4.90. The van der Waals surface area contributed by atoms with Crippen LogP contribution in [0.25, 0.3) is 5.52 Å². The molecule has 1 fully saturated rings. The van der Waals surface area contributed by atoms with Crippen LogP contribution < -0.4 is 0 Å². The molecule has 2 aromatic heterocycles. The molecule has 3 rings (SSSR count). The summed E-state index contributed by atoms with van der Waals surface area (Å²) in [7, 11) is 1.17. The quantitative estimate of drug-likeness (QED) is 0.561. The topological polar surface area (TPSA) is 43.6 Å². The van der Waals surface area contributed by atoms with E-state index in [9.17, 15) is 18.0 Å². The lowest BCUT2D eigenvalue weighted by molar-refractivity contribution is -0.142. The number of esters is 1. The summed E-state index contributed by atoms with van der Waals surface area (Å²) in [6, 6.07) is 2.79. The minimum Gasteiger partial charge on any atom is -0.464 e. The van der Waals surface area contributed by atoms with Gasteiger partial charge in [0, 0.05) is 0 Å². The van der Waals surface area contributed by atoms with Gasteiger partial charge in [0.15, 0.2) is 5.69 Å². The Hall–Kier alpha value is -1.32. The van der Waals surface area contributed by atoms with Gasteiger partial charge in [0.25, 0.3) is 0 Å². The number of carbonyl (C=O) groups excluding carboxylic acids is 1. The average molecular weight is 410 g/mol. The van der Waals surface area contributed by atoms with Gasteiger partial charge in [-0.25, -0.2) is 9.31 Å². The van der Waals surface area contributed by atoms with Crippen molar-refractivity contribution in [2.75, 3.05) is 7.11 Å². The number of hydrogen-bond acceptors (Lipinski definition) is 3. The summed E-state index contributed by atoms with van der Waals surface area (Å²) in [5.41, 5.74) is -0.0386. The SMILES string of the molecule is COC(=O)c1nn2c(C(F)(F)F)cc(C3CC3)cc2c1I. The molecule has 0 aromatic carbocycles. The molecule has 0 unspecified atom stereocenters. The van der Waals surface area contributed by atoms with Crippen molar-refractivity contribution in [3.63, 3.8) is 0 Å². The van der Waals surface area contributed by atoms with Gasteiger partial charge in [-0.1, -0.05) is 0 Å². The highest BCUT2D eigenvalue weighted by atomic mass is 127. The van der Waals surface area contributed by atoms with Crippen LogP contribution in [-0.4, -0.2) is 22.7 Å². The normalized spacial score (nSPS) is 15.5. The Morgan fingerprint density at radius 2 is 2.10 bits per heavy atom. The molecule has 0 N–H and O–H groups in total. The number of halogens is 4. The molecule has 4 nitrogen and oxygen atoms in total. The Labute approximate surface area is 131 Å². The molecule has 2 heterocycles. The van der Waals surface area contributed by atoms with Crippen LogP contribution in [0.1, 0.15) is 40.5 Å². The van der Waals surface area contributed by atoms with Crippen molar-refractivity contribution in [1.29, 1.82) is 0 Å². The lowest BCUT2D eigenvalue weighted by atomic mass is 10.1. The van der Waals surface area contributed by atoms with Gasteiger partial charge in [0.2, 0.25) is 0 Å². The Kier molecular flexibility index (Phi) is 3.38. The number of hydrogen-bond donors (Lipinski definition) is 0. The second-order valence-corrected chi connectivity index (χ2v) is 5.98. The number of carbonyl (C=O) groups is 1. The van der Waals surface area contributed by atoms with Crippen LogP contribution in [0.4, 0.5) is 13.2 Å². The van der Waals surface area contributed by atoms with Crippen molar-refractivity contribution in [1.82, 2.24) is 9.61 Å². The van der Waals surface area contributed by atoms with Crippen LogP contribution in [0.2, 0.25) is 0 Å². The molecule has 8 heteroatoms. The fourth-order valence-electron chi connectivity index (χ4n) is 2.22. The van der Waals surface area contributed by atoms with E-state index in [1.807, 2.05) is 22.6 Å². The maximum atomic E-state index is 13.2. The van der Waals surface area contributed by atoms with Crippen LogP contribution in [0.3, 0.4) is 0 Å². The minimum absolute atomic E-state index is 0.100. The van der Waals surface area contributed by atoms with E-state index in [0.717, 1.165) is 23.4 Å². The van der Waals surface area contributed by atoms with E-state index >= 15 is 0 Å². The number of ether oxygens (including phenoxy) is 1. The molecule has 1 aliphatic carbocycles. The molecule has 0 spiro atoms. The monoisotopic (exact) mass is 410 g/mol. The van der Waals surface area contributed by atoms with Gasteiger partial charge in [-0.3, -0.25) is 0 Å². The molecule has 2 aromatic rings. The van der Waals surface area contributed by atoms with Gasteiger partial charge in [0.1, 0.15) is 5.69 Å². The molecule has 0 radical (unpaired) electrons. The van der Waals surface area contributed by atoms with Gasteiger partial charge in [-0.15, -0.1) is 0 Å². The van der Waals surface area contributed by atoms with E-state index in [4.69, 9.17) is 0 Å². The Morgan fingerprint density at radius 1 is 1.43 bits per heavy atom. The summed E-state index contributed by atoms with van der Waals surface area (Å²) in [6.45, 7) is 0. The zero-order chi connectivity index (χ0) is 15.4. The molecule has 0 saturated heterocycles. The summed E-state index contributed by atoms with van der Waals surface area (Å²) in [5.74, 6) is -0.576. The molecule has 112 valence electrons. The van der Waals surface area contributed by atoms with Gasteiger partial charge in [-0.2, -0.15) is 18.3 Å². The fraction of sp³-hybridized carbons (Fsp3) is 0.385. The lowest BCUT2D eigenvalue weighted by Gasteiger charge is -2.11. The summed E-state index contributed by atoms with van der Waals surface area (Å²) >= 11 is 1.83. The third-order valence-electron chi connectivity index (χ3n) is 3.41. The van der Waals surface area contributed by atoms with E-state index in [1.165, 1.54) is 7.11 Å². The van der Waals surface area contributed by atoms with Crippen molar-refractivity contribution in [2.45, 2.75) is 24.9 Å². The van der Waals surface area contributed by atoms with E-state index in [0.29, 0.717) is 9.13 Å². The lowest BCUT2D eigenvalue weighted by Crippen LogP contribution is -2.13. The first-order valence-corrected chi connectivity index (χ1v) is 7.28. The first-order chi connectivity index (χ1) is 9.82. The molecule has 1 aliphatic rings. The van der Waals surface area contributed by atoms with Crippen LogP contribution in [0, 0.1) is 3.57 Å². The highest BCUT2D eigenvalue weighted by molar-refractivity contribution is 14.1. The van der Waals surface area contributed by atoms with E-state index < -0.39 is 17.8 Å². The van der Waals surface area contributed by atoms with Crippen LogP contribution in [0.5, 0.6) is 0 Å². The van der Waals surface area contributed by atoms with Gasteiger partial charge < -0.3 is 4.74 Å². The largest absolute Gasteiger partial charge is 0.464 e.